The molecule has 0 atom stereocenters. The molecule has 10 rings (SSSR count). The Hall–Kier alpha value is -5.70. The first-order valence-electron chi connectivity index (χ1n) is 17.0. The zero-order valence-corrected chi connectivity index (χ0v) is 28.3. The third kappa shape index (κ3) is 4.17. The van der Waals surface area contributed by atoms with Crippen LogP contribution in [-0.4, -0.2) is 0 Å². The minimum Gasteiger partial charge on any atom is -0.308 e. The molecule has 0 amide bonds. The van der Waals surface area contributed by atoms with Crippen LogP contribution in [-0.2, 0) is 5.41 Å². The highest BCUT2D eigenvalue weighted by Crippen LogP contribution is 2.56. The minimum atomic E-state index is -0.102. The number of anilines is 3. The summed E-state index contributed by atoms with van der Waals surface area (Å²) in [7, 11) is 0. The summed E-state index contributed by atoms with van der Waals surface area (Å²) in [5.74, 6) is 0. The molecule has 1 aromatic heterocycles. The normalized spacial score (nSPS) is 13.3. The number of nitrogens with zero attached hydrogens (tertiary/aromatic N) is 1. The van der Waals surface area contributed by atoms with Gasteiger partial charge in [-0.2, -0.15) is 0 Å². The van der Waals surface area contributed by atoms with Gasteiger partial charge in [0.05, 0.1) is 16.1 Å². The van der Waals surface area contributed by atoms with Gasteiger partial charge in [-0.3, -0.25) is 0 Å². The van der Waals surface area contributed by atoms with E-state index in [-0.39, 0.29) is 5.41 Å². The number of hydrogen-bond donors (Lipinski definition) is 0. The Kier molecular flexibility index (Phi) is 6.16. The van der Waals surface area contributed by atoms with E-state index in [2.05, 4.69) is 183 Å². The quantitative estimate of drug-likeness (QED) is 0.184. The van der Waals surface area contributed by atoms with Crippen molar-refractivity contribution in [3.8, 4) is 22.3 Å². The molecule has 232 valence electrons. The van der Waals surface area contributed by atoms with Crippen LogP contribution in [0.4, 0.5) is 17.1 Å². The summed E-state index contributed by atoms with van der Waals surface area (Å²) in [6, 6.07) is 60.6. The molecular formula is C47H33NS. The van der Waals surface area contributed by atoms with E-state index in [1.54, 1.807) is 0 Å². The van der Waals surface area contributed by atoms with E-state index in [1.165, 1.54) is 86.5 Å². The van der Waals surface area contributed by atoms with E-state index in [0.717, 1.165) is 5.69 Å². The fourth-order valence-corrected chi connectivity index (χ4v) is 9.57. The van der Waals surface area contributed by atoms with Crippen LogP contribution < -0.4 is 4.90 Å². The standard InChI is InChI=1S/C47H33NS/c1-47(2)39-24-9-7-21-37(39)45-40(47)25-13-26-41(45)48(33-18-11-17-31(28-33)35-23-12-16-30-14-3-5-19-34(30)35)42-29-32-15-4-6-20-36(32)44-38-22-8-10-27-43(38)49-46(42)44/h3-29H,1-2H3. The fourth-order valence-electron chi connectivity index (χ4n) is 8.34. The SMILES string of the molecule is CC1(C)c2ccccc2-c2c(N(c3cccc(-c4cccc5ccccc45)c3)c3cc4ccccc4c4c3sc3ccccc34)cccc21. The Labute approximate surface area is 290 Å². The molecule has 1 aliphatic rings. The van der Waals surface area contributed by atoms with Crippen molar-refractivity contribution in [1.29, 1.82) is 0 Å². The maximum Gasteiger partial charge on any atom is 0.0647 e. The third-order valence-electron chi connectivity index (χ3n) is 10.6. The van der Waals surface area contributed by atoms with Gasteiger partial charge >= 0.3 is 0 Å². The highest BCUT2D eigenvalue weighted by Gasteiger charge is 2.38. The first kappa shape index (κ1) is 28.3. The van der Waals surface area contributed by atoms with Crippen molar-refractivity contribution in [1.82, 2.24) is 0 Å². The monoisotopic (exact) mass is 643 g/mol. The summed E-state index contributed by atoms with van der Waals surface area (Å²) in [5.41, 5.74) is 11.3. The zero-order chi connectivity index (χ0) is 32.7. The maximum atomic E-state index is 2.55. The molecule has 0 saturated carbocycles. The van der Waals surface area contributed by atoms with Gasteiger partial charge in [0, 0.05) is 32.1 Å². The predicted molar refractivity (Wildman–Crippen MR) is 212 cm³/mol. The molecule has 0 bridgehead atoms. The van der Waals surface area contributed by atoms with Gasteiger partial charge in [0.25, 0.3) is 0 Å². The van der Waals surface area contributed by atoms with Gasteiger partial charge in [-0.1, -0.05) is 147 Å². The van der Waals surface area contributed by atoms with Crippen LogP contribution in [0.3, 0.4) is 0 Å². The van der Waals surface area contributed by atoms with Crippen molar-refractivity contribution in [2.45, 2.75) is 19.3 Å². The lowest BCUT2D eigenvalue weighted by molar-refractivity contribution is 0.660. The molecule has 1 aliphatic carbocycles. The molecule has 0 unspecified atom stereocenters. The van der Waals surface area contributed by atoms with Crippen LogP contribution >= 0.6 is 11.3 Å². The van der Waals surface area contributed by atoms with E-state index >= 15 is 0 Å². The van der Waals surface area contributed by atoms with Gasteiger partial charge in [-0.15, -0.1) is 11.3 Å². The largest absolute Gasteiger partial charge is 0.308 e. The average molecular weight is 644 g/mol. The summed E-state index contributed by atoms with van der Waals surface area (Å²) in [6.07, 6.45) is 0. The fraction of sp³-hybridized carbons (Fsp3) is 0.0638. The Bertz CT molecular complexity index is 2760. The Morgan fingerprint density at radius 3 is 2.04 bits per heavy atom. The summed E-state index contributed by atoms with van der Waals surface area (Å²) in [6.45, 7) is 4.74. The number of fused-ring (bicyclic) bond motifs is 9. The second-order valence-electron chi connectivity index (χ2n) is 13.7. The van der Waals surface area contributed by atoms with Gasteiger partial charge in [0.2, 0.25) is 0 Å². The predicted octanol–water partition coefficient (Wildman–Crippen LogP) is 13.8. The van der Waals surface area contributed by atoms with Gasteiger partial charge in [0.1, 0.15) is 0 Å². The van der Waals surface area contributed by atoms with Crippen LogP contribution in [0.5, 0.6) is 0 Å². The average Bonchev–Trinajstić information content (AvgIpc) is 3.65. The van der Waals surface area contributed by atoms with Crippen molar-refractivity contribution in [3.63, 3.8) is 0 Å². The number of hydrogen-bond acceptors (Lipinski definition) is 2. The Balaban J connectivity index is 1.32. The van der Waals surface area contributed by atoms with Crippen molar-refractivity contribution < 1.29 is 0 Å². The lowest BCUT2D eigenvalue weighted by Crippen LogP contribution is -2.16. The van der Waals surface area contributed by atoms with Crippen molar-refractivity contribution in [3.05, 3.63) is 175 Å². The first-order chi connectivity index (χ1) is 24.1. The van der Waals surface area contributed by atoms with E-state index < -0.39 is 0 Å². The maximum absolute atomic E-state index is 2.55. The zero-order valence-electron chi connectivity index (χ0n) is 27.4. The van der Waals surface area contributed by atoms with Crippen molar-refractivity contribution in [2.24, 2.45) is 0 Å². The topological polar surface area (TPSA) is 3.24 Å². The molecule has 1 nitrogen and oxygen atoms in total. The molecule has 0 saturated heterocycles. The lowest BCUT2D eigenvalue weighted by Gasteiger charge is -2.30. The number of rotatable bonds is 4. The Morgan fingerprint density at radius 1 is 0.490 bits per heavy atom. The minimum absolute atomic E-state index is 0.102. The molecule has 0 spiro atoms. The van der Waals surface area contributed by atoms with Crippen LogP contribution in [0.1, 0.15) is 25.0 Å². The van der Waals surface area contributed by atoms with Gasteiger partial charge in [0.15, 0.2) is 0 Å². The molecule has 2 heteroatoms. The summed E-state index contributed by atoms with van der Waals surface area (Å²) in [4.78, 5) is 2.55. The molecular weight excluding hydrogens is 611 g/mol. The molecule has 49 heavy (non-hydrogen) atoms. The second kappa shape index (κ2) is 10.7. The summed E-state index contributed by atoms with van der Waals surface area (Å²) >= 11 is 1.90. The summed E-state index contributed by atoms with van der Waals surface area (Å²) < 4.78 is 2.61. The second-order valence-corrected chi connectivity index (χ2v) is 14.8. The van der Waals surface area contributed by atoms with E-state index in [0.29, 0.717) is 0 Å². The third-order valence-corrected chi connectivity index (χ3v) is 11.8. The molecule has 9 aromatic rings. The van der Waals surface area contributed by atoms with E-state index in [4.69, 9.17) is 0 Å². The highest BCUT2D eigenvalue weighted by atomic mass is 32.1. The first-order valence-corrected chi connectivity index (χ1v) is 17.8. The molecule has 0 radical (unpaired) electrons. The lowest BCUT2D eigenvalue weighted by atomic mass is 9.82. The molecule has 8 aromatic carbocycles. The van der Waals surface area contributed by atoms with E-state index in [9.17, 15) is 0 Å². The van der Waals surface area contributed by atoms with Gasteiger partial charge < -0.3 is 4.90 Å². The summed E-state index contributed by atoms with van der Waals surface area (Å²) in [5, 5.41) is 7.71. The molecule has 0 fully saturated rings. The van der Waals surface area contributed by atoms with Crippen LogP contribution in [0.25, 0.3) is 64.0 Å². The molecule has 1 heterocycles. The van der Waals surface area contributed by atoms with Gasteiger partial charge in [-0.05, 0) is 79.7 Å². The van der Waals surface area contributed by atoms with Gasteiger partial charge in [-0.25, -0.2) is 0 Å². The van der Waals surface area contributed by atoms with E-state index in [1.807, 2.05) is 11.3 Å². The van der Waals surface area contributed by atoms with Crippen molar-refractivity contribution in [2.75, 3.05) is 4.90 Å². The highest BCUT2D eigenvalue weighted by molar-refractivity contribution is 7.26. The molecule has 0 aliphatic heterocycles. The van der Waals surface area contributed by atoms with Crippen LogP contribution in [0, 0.1) is 0 Å². The molecule has 0 N–H and O–H groups in total. The number of thiophene rings is 1. The van der Waals surface area contributed by atoms with Crippen LogP contribution in [0.2, 0.25) is 0 Å². The number of benzene rings is 8. The van der Waals surface area contributed by atoms with Crippen LogP contribution in [0.15, 0.2) is 164 Å². The Morgan fingerprint density at radius 2 is 1.14 bits per heavy atom. The smallest absolute Gasteiger partial charge is 0.0647 e. The van der Waals surface area contributed by atoms with Crippen molar-refractivity contribution >= 4 is 70.1 Å².